The average Bonchev–Trinajstić information content (AvgIpc) is 2.36. The largest absolute Gasteiger partial charge is 0.466 e. The van der Waals surface area contributed by atoms with Gasteiger partial charge in [0.05, 0.1) is 12.5 Å². The van der Waals surface area contributed by atoms with Gasteiger partial charge in [0.15, 0.2) is 5.17 Å². The number of likely N-dealkylation sites (tertiary alicyclic amines) is 1. The molecule has 1 saturated heterocycles. The van der Waals surface area contributed by atoms with Gasteiger partial charge in [-0.25, -0.2) is 0 Å². The van der Waals surface area contributed by atoms with Crippen molar-refractivity contribution >= 4 is 22.9 Å². The maximum Gasteiger partial charge on any atom is 0.309 e. The molecule has 0 aliphatic carbocycles. The highest BCUT2D eigenvalue weighted by atomic mass is 32.2. The Labute approximate surface area is 106 Å². The Kier molecular flexibility index (Phi) is 5.84. The third-order valence-electron chi connectivity index (χ3n) is 2.71. The molecule has 1 aliphatic heterocycles. The number of rotatable bonds is 2. The van der Waals surface area contributed by atoms with Gasteiger partial charge in [0.25, 0.3) is 0 Å². The molecule has 1 rings (SSSR count). The standard InChI is InChI=1S/C11H17N3O2S/c1-3-16-10(15)9-4-6-14(7-5-9)11(17-2)13-8-12/h9H,3-7H2,1-2H3. The first kappa shape index (κ1) is 13.8. The summed E-state index contributed by atoms with van der Waals surface area (Å²) in [5.41, 5.74) is 0. The van der Waals surface area contributed by atoms with E-state index in [1.807, 2.05) is 18.1 Å². The van der Waals surface area contributed by atoms with E-state index in [0.717, 1.165) is 31.1 Å². The van der Waals surface area contributed by atoms with Crippen LogP contribution in [0.15, 0.2) is 4.99 Å². The number of aliphatic imine (C=N–C) groups is 1. The monoisotopic (exact) mass is 255 g/mol. The lowest BCUT2D eigenvalue weighted by Gasteiger charge is -2.31. The highest BCUT2D eigenvalue weighted by molar-refractivity contribution is 8.13. The smallest absolute Gasteiger partial charge is 0.309 e. The highest BCUT2D eigenvalue weighted by Gasteiger charge is 2.27. The van der Waals surface area contributed by atoms with Crippen LogP contribution in [0.25, 0.3) is 0 Å². The molecule has 17 heavy (non-hydrogen) atoms. The molecule has 0 spiro atoms. The fourth-order valence-electron chi connectivity index (χ4n) is 1.85. The van der Waals surface area contributed by atoms with Crippen molar-refractivity contribution in [3.05, 3.63) is 0 Å². The molecule has 0 atom stereocenters. The summed E-state index contributed by atoms with van der Waals surface area (Å²) in [7, 11) is 0. The van der Waals surface area contributed by atoms with Crippen LogP contribution in [-0.4, -0.2) is 42.0 Å². The van der Waals surface area contributed by atoms with Crippen LogP contribution in [0, 0.1) is 17.4 Å². The number of amidine groups is 1. The van der Waals surface area contributed by atoms with E-state index in [9.17, 15) is 4.79 Å². The number of ether oxygens (including phenoxy) is 1. The molecule has 1 heterocycles. The molecule has 0 aromatic rings. The van der Waals surface area contributed by atoms with E-state index in [0.29, 0.717) is 6.61 Å². The second kappa shape index (κ2) is 7.17. The van der Waals surface area contributed by atoms with Gasteiger partial charge in [-0.3, -0.25) is 4.79 Å². The Bertz CT molecular complexity index is 330. The van der Waals surface area contributed by atoms with E-state index < -0.39 is 0 Å². The fraction of sp³-hybridized carbons (Fsp3) is 0.727. The fourth-order valence-corrected chi connectivity index (χ4v) is 2.43. The zero-order valence-corrected chi connectivity index (χ0v) is 11.0. The quantitative estimate of drug-likeness (QED) is 0.323. The van der Waals surface area contributed by atoms with Crippen molar-refractivity contribution in [1.82, 2.24) is 4.90 Å². The summed E-state index contributed by atoms with van der Waals surface area (Å²) in [6.45, 7) is 3.76. The summed E-state index contributed by atoms with van der Waals surface area (Å²) in [6, 6.07) is 0. The molecule has 5 nitrogen and oxygen atoms in total. The summed E-state index contributed by atoms with van der Waals surface area (Å²) in [5, 5.41) is 9.29. The number of carbonyl (C=O) groups excluding carboxylic acids is 1. The number of piperidine rings is 1. The number of thioether (sulfide) groups is 1. The first-order chi connectivity index (χ1) is 8.22. The summed E-state index contributed by atoms with van der Waals surface area (Å²) in [5.74, 6) is -0.105. The minimum Gasteiger partial charge on any atom is -0.466 e. The molecule has 0 saturated carbocycles. The van der Waals surface area contributed by atoms with Crippen LogP contribution in [-0.2, 0) is 9.53 Å². The second-order valence-electron chi connectivity index (χ2n) is 3.71. The second-order valence-corrected chi connectivity index (χ2v) is 4.49. The molecule has 6 heteroatoms. The van der Waals surface area contributed by atoms with E-state index in [1.165, 1.54) is 11.8 Å². The van der Waals surface area contributed by atoms with Crippen molar-refractivity contribution in [2.75, 3.05) is 26.0 Å². The van der Waals surface area contributed by atoms with Gasteiger partial charge in [-0.05, 0) is 26.0 Å². The van der Waals surface area contributed by atoms with Gasteiger partial charge < -0.3 is 9.64 Å². The molecule has 0 bridgehead atoms. The Balaban J connectivity index is 2.48. The van der Waals surface area contributed by atoms with Crippen molar-refractivity contribution in [2.45, 2.75) is 19.8 Å². The van der Waals surface area contributed by atoms with Crippen LogP contribution < -0.4 is 0 Å². The number of nitrogens with zero attached hydrogens (tertiary/aromatic N) is 3. The summed E-state index contributed by atoms with van der Waals surface area (Å²) in [4.78, 5) is 17.4. The van der Waals surface area contributed by atoms with Crippen molar-refractivity contribution < 1.29 is 9.53 Å². The zero-order valence-electron chi connectivity index (χ0n) is 10.2. The van der Waals surface area contributed by atoms with Gasteiger partial charge in [0.2, 0.25) is 6.19 Å². The van der Waals surface area contributed by atoms with Crippen molar-refractivity contribution in [3.8, 4) is 6.19 Å². The number of carbonyl (C=O) groups is 1. The predicted molar refractivity (Wildman–Crippen MR) is 67.5 cm³/mol. The van der Waals surface area contributed by atoms with Gasteiger partial charge in [0.1, 0.15) is 0 Å². The minimum atomic E-state index is -0.102. The molecule has 0 aromatic heterocycles. The topological polar surface area (TPSA) is 65.7 Å². The first-order valence-corrected chi connectivity index (χ1v) is 6.87. The molecule has 94 valence electrons. The molecular formula is C11H17N3O2S. The first-order valence-electron chi connectivity index (χ1n) is 5.65. The Morgan fingerprint density at radius 2 is 2.24 bits per heavy atom. The molecule has 0 radical (unpaired) electrons. The molecule has 1 fully saturated rings. The number of esters is 1. The minimum absolute atomic E-state index is 0.00334. The number of hydrogen-bond donors (Lipinski definition) is 0. The summed E-state index contributed by atoms with van der Waals surface area (Å²) >= 11 is 1.46. The normalized spacial score (nSPS) is 17.7. The van der Waals surface area contributed by atoms with Crippen LogP contribution in [0.3, 0.4) is 0 Å². The molecule has 1 aliphatic rings. The van der Waals surface area contributed by atoms with Crippen molar-refractivity contribution in [2.24, 2.45) is 10.9 Å². The van der Waals surface area contributed by atoms with Gasteiger partial charge in [-0.2, -0.15) is 5.26 Å². The number of hydrogen-bond acceptors (Lipinski definition) is 5. The Morgan fingerprint density at radius 1 is 1.59 bits per heavy atom. The number of nitriles is 1. The molecular weight excluding hydrogens is 238 g/mol. The summed E-state index contributed by atoms with van der Waals surface area (Å²) in [6.07, 6.45) is 5.24. The lowest BCUT2D eigenvalue weighted by Crippen LogP contribution is -2.39. The molecule has 0 N–H and O–H groups in total. The van der Waals surface area contributed by atoms with E-state index in [2.05, 4.69) is 4.99 Å². The maximum absolute atomic E-state index is 11.5. The maximum atomic E-state index is 11.5. The van der Waals surface area contributed by atoms with E-state index in [4.69, 9.17) is 10.00 Å². The zero-order chi connectivity index (χ0) is 12.7. The molecule has 0 aromatic carbocycles. The highest BCUT2D eigenvalue weighted by Crippen LogP contribution is 2.21. The lowest BCUT2D eigenvalue weighted by atomic mass is 9.97. The average molecular weight is 255 g/mol. The van der Waals surface area contributed by atoms with Crippen LogP contribution in [0.5, 0.6) is 0 Å². The van der Waals surface area contributed by atoms with E-state index in [-0.39, 0.29) is 11.9 Å². The predicted octanol–water partition coefficient (Wildman–Crippen LogP) is 1.46. The Hall–Kier alpha value is -1.22. The van der Waals surface area contributed by atoms with Gasteiger partial charge in [0, 0.05) is 13.1 Å². The van der Waals surface area contributed by atoms with E-state index >= 15 is 0 Å². The van der Waals surface area contributed by atoms with Crippen LogP contribution in [0.1, 0.15) is 19.8 Å². The molecule has 0 unspecified atom stereocenters. The third kappa shape index (κ3) is 3.93. The van der Waals surface area contributed by atoms with Gasteiger partial charge in [-0.15, -0.1) is 4.99 Å². The molecule has 0 amide bonds. The lowest BCUT2D eigenvalue weighted by molar-refractivity contribution is -0.149. The van der Waals surface area contributed by atoms with E-state index in [1.54, 1.807) is 6.19 Å². The Morgan fingerprint density at radius 3 is 2.71 bits per heavy atom. The summed E-state index contributed by atoms with van der Waals surface area (Å²) < 4.78 is 5.01. The van der Waals surface area contributed by atoms with Gasteiger partial charge >= 0.3 is 5.97 Å². The van der Waals surface area contributed by atoms with Crippen LogP contribution in [0.4, 0.5) is 0 Å². The van der Waals surface area contributed by atoms with Crippen LogP contribution in [0.2, 0.25) is 0 Å². The third-order valence-corrected chi connectivity index (χ3v) is 3.43. The van der Waals surface area contributed by atoms with Crippen LogP contribution >= 0.6 is 11.8 Å². The van der Waals surface area contributed by atoms with Crippen molar-refractivity contribution in [3.63, 3.8) is 0 Å². The van der Waals surface area contributed by atoms with Gasteiger partial charge in [-0.1, -0.05) is 11.8 Å². The van der Waals surface area contributed by atoms with Crippen molar-refractivity contribution in [1.29, 1.82) is 5.26 Å². The SMILES string of the molecule is CCOC(=O)C1CCN(C(=NC#N)SC)CC1.